The highest BCUT2D eigenvalue weighted by Crippen LogP contribution is 2.35. The Labute approximate surface area is 153 Å². The molecule has 2 rings (SSSR count). The Kier molecular flexibility index (Phi) is 6.29. The number of aromatic hydroxyl groups is 1. The molecule has 136 valence electrons. The Balaban J connectivity index is 2.38. The van der Waals surface area contributed by atoms with E-state index in [1.54, 1.807) is 0 Å². The number of benzene rings is 2. The summed E-state index contributed by atoms with van der Waals surface area (Å²) < 4.78 is 1.04. The van der Waals surface area contributed by atoms with Gasteiger partial charge in [0.25, 0.3) is 0 Å². The zero-order valence-electron chi connectivity index (χ0n) is 16.7. The van der Waals surface area contributed by atoms with Crippen molar-refractivity contribution < 1.29 is 9.59 Å². The summed E-state index contributed by atoms with van der Waals surface area (Å²) in [5.74, 6) is 0.624. The third-order valence-corrected chi connectivity index (χ3v) is 6.02. The smallest absolute Gasteiger partial charge is 0.119 e. The molecule has 0 saturated carbocycles. The summed E-state index contributed by atoms with van der Waals surface area (Å²) in [6.07, 6.45) is 1.02. The van der Waals surface area contributed by atoms with Crippen LogP contribution < -0.4 is 0 Å². The number of aryl methyl sites for hydroxylation is 1. The van der Waals surface area contributed by atoms with Gasteiger partial charge in [-0.25, -0.2) is 0 Å². The van der Waals surface area contributed by atoms with Gasteiger partial charge in [0.15, 0.2) is 0 Å². The summed E-state index contributed by atoms with van der Waals surface area (Å²) in [6, 6.07) is 17.7. The van der Waals surface area contributed by atoms with Crippen LogP contribution >= 0.6 is 0 Å². The van der Waals surface area contributed by atoms with Crippen molar-refractivity contribution in [1.29, 1.82) is 0 Å². The third-order valence-electron chi connectivity index (χ3n) is 6.02. The molecule has 0 spiro atoms. The van der Waals surface area contributed by atoms with Crippen molar-refractivity contribution >= 4 is 0 Å². The van der Waals surface area contributed by atoms with Gasteiger partial charge in [-0.3, -0.25) is 0 Å². The topological polar surface area (TPSA) is 20.2 Å². The molecule has 0 unspecified atom stereocenters. The molecular formula is C23H34NO+. The van der Waals surface area contributed by atoms with Crippen molar-refractivity contribution in [2.24, 2.45) is 0 Å². The minimum atomic E-state index is 0.219. The molecule has 2 heteroatoms. The molecule has 2 aromatic carbocycles. The SMILES string of the molecule is Cc1ccc(O)c([C@@H](CC[N+](C)(C(C)C)C(C)C)c2ccccc2)c1. The van der Waals surface area contributed by atoms with E-state index in [1.165, 1.54) is 11.1 Å². The molecule has 0 aliphatic rings. The van der Waals surface area contributed by atoms with E-state index in [9.17, 15) is 5.11 Å². The molecule has 1 N–H and O–H groups in total. The maximum Gasteiger partial charge on any atom is 0.119 e. The van der Waals surface area contributed by atoms with Crippen molar-refractivity contribution in [2.45, 2.75) is 59.0 Å². The van der Waals surface area contributed by atoms with E-state index in [2.05, 4.69) is 78.1 Å². The van der Waals surface area contributed by atoms with Crippen LogP contribution in [0.25, 0.3) is 0 Å². The normalized spacial score (nSPS) is 13.4. The van der Waals surface area contributed by atoms with Crippen LogP contribution in [0.3, 0.4) is 0 Å². The van der Waals surface area contributed by atoms with Crippen LogP contribution in [-0.4, -0.2) is 35.3 Å². The Hall–Kier alpha value is -1.80. The zero-order chi connectivity index (χ0) is 18.6. The first-order valence-electron chi connectivity index (χ1n) is 9.45. The average molecular weight is 341 g/mol. The number of hydrogen-bond donors (Lipinski definition) is 1. The van der Waals surface area contributed by atoms with E-state index in [0.717, 1.165) is 23.0 Å². The second-order valence-electron chi connectivity index (χ2n) is 8.07. The molecule has 0 radical (unpaired) electrons. The summed E-state index contributed by atoms with van der Waals surface area (Å²) in [5, 5.41) is 10.5. The summed E-state index contributed by atoms with van der Waals surface area (Å²) in [6.45, 7) is 12.4. The van der Waals surface area contributed by atoms with Crippen LogP contribution in [-0.2, 0) is 0 Å². The van der Waals surface area contributed by atoms with Crippen LogP contribution in [0.1, 0.15) is 56.7 Å². The van der Waals surface area contributed by atoms with Crippen molar-refractivity contribution in [3.8, 4) is 5.75 Å². The Morgan fingerprint density at radius 2 is 1.52 bits per heavy atom. The first-order chi connectivity index (χ1) is 11.8. The predicted molar refractivity (Wildman–Crippen MR) is 107 cm³/mol. The monoisotopic (exact) mass is 340 g/mol. The van der Waals surface area contributed by atoms with E-state index < -0.39 is 0 Å². The van der Waals surface area contributed by atoms with Crippen LogP contribution in [0.2, 0.25) is 0 Å². The predicted octanol–water partition coefficient (Wildman–Crippen LogP) is 5.49. The highest BCUT2D eigenvalue weighted by Gasteiger charge is 2.31. The van der Waals surface area contributed by atoms with Crippen molar-refractivity contribution in [1.82, 2.24) is 0 Å². The van der Waals surface area contributed by atoms with Crippen LogP contribution in [0.5, 0.6) is 5.75 Å². The first kappa shape index (κ1) is 19.5. The number of phenolic OH excluding ortho intramolecular Hbond substituents is 1. The van der Waals surface area contributed by atoms with Gasteiger partial charge in [-0.1, -0.05) is 48.0 Å². The lowest BCUT2D eigenvalue weighted by molar-refractivity contribution is -0.949. The first-order valence-corrected chi connectivity index (χ1v) is 9.45. The molecular weight excluding hydrogens is 306 g/mol. The number of hydrogen-bond acceptors (Lipinski definition) is 1. The molecule has 25 heavy (non-hydrogen) atoms. The van der Waals surface area contributed by atoms with E-state index in [1.807, 2.05) is 12.1 Å². The van der Waals surface area contributed by atoms with Gasteiger partial charge in [-0.15, -0.1) is 0 Å². The number of quaternary nitrogens is 1. The lowest BCUT2D eigenvalue weighted by Gasteiger charge is -2.43. The summed E-state index contributed by atoms with van der Waals surface area (Å²) in [7, 11) is 2.35. The number of nitrogens with zero attached hydrogens (tertiary/aromatic N) is 1. The molecule has 0 saturated heterocycles. The fourth-order valence-electron chi connectivity index (χ4n) is 3.66. The molecule has 1 atom stereocenters. The van der Waals surface area contributed by atoms with E-state index in [4.69, 9.17) is 0 Å². The number of phenols is 1. The second kappa shape index (κ2) is 8.05. The lowest BCUT2D eigenvalue weighted by atomic mass is 9.86. The van der Waals surface area contributed by atoms with Gasteiger partial charge in [0.2, 0.25) is 0 Å². The van der Waals surface area contributed by atoms with Crippen LogP contribution in [0.15, 0.2) is 48.5 Å². The second-order valence-corrected chi connectivity index (χ2v) is 8.07. The molecule has 0 fully saturated rings. The van der Waals surface area contributed by atoms with Crippen LogP contribution in [0, 0.1) is 6.92 Å². The van der Waals surface area contributed by atoms with Crippen LogP contribution in [0.4, 0.5) is 0 Å². The maximum atomic E-state index is 10.5. The lowest BCUT2D eigenvalue weighted by Crippen LogP contribution is -2.55. The standard InChI is InChI=1S/C23H33NO/c1-17(2)24(6,18(3)4)15-14-21(20-10-8-7-9-11-20)22-16-19(5)12-13-23(22)25/h7-13,16-18,21H,14-15H2,1-6H3/p+1/t21-/m0/s1. The molecule has 0 amide bonds. The third kappa shape index (κ3) is 4.43. The summed E-state index contributed by atoms with van der Waals surface area (Å²) in [4.78, 5) is 0. The largest absolute Gasteiger partial charge is 0.508 e. The highest BCUT2D eigenvalue weighted by atomic mass is 16.3. The Morgan fingerprint density at radius 3 is 2.08 bits per heavy atom. The fourth-order valence-corrected chi connectivity index (χ4v) is 3.66. The van der Waals surface area contributed by atoms with Gasteiger partial charge < -0.3 is 9.59 Å². The van der Waals surface area contributed by atoms with Gasteiger partial charge >= 0.3 is 0 Å². The van der Waals surface area contributed by atoms with E-state index in [-0.39, 0.29) is 5.92 Å². The average Bonchev–Trinajstić information content (AvgIpc) is 2.58. The van der Waals surface area contributed by atoms with Crippen molar-refractivity contribution in [3.63, 3.8) is 0 Å². The maximum absolute atomic E-state index is 10.5. The van der Waals surface area contributed by atoms with Gasteiger partial charge in [0.05, 0.1) is 25.7 Å². The fraction of sp³-hybridized carbons (Fsp3) is 0.478. The van der Waals surface area contributed by atoms with Crippen molar-refractivity contribution in [2.75, 3.05) is 13.6 Å². The minimum Gasteiger partial charge on any atom is -0.508 e. The molecule has 0 bridgehead atoms. The molecule has 2 aromatic rings. The molecule has 0 aliphatic carbocycles. The van der Waals surface area contributed by atoms with E-state index >= 15 is 0 Å². The molecule has 0 heterocycles. The summed E-state index contributed by atoms with van der Waals surface area (Å²) in [5.41, 5.74) is 3.52. The minimum absolute atomic E-state index is 0.219. The van der Waals surface area contributed by atoms with Gasteiger partial charge in [0, 0.05) is 17.9 Å². The number of rotatable bonds is 7. The van der Waals surface area contributed by atoms with Crippen molar-refractivity contribution in [3.05, 3.63) is 65.2 Å². The van der Waals surface area contributed by atoms with Gasteiger partial charge in [0.1, 0.15) is 5.75 Å². The Bertz CT molecular complexity index is 668. The quantitative estimate of drug-likeness (QED) is 0.661. The zero-order valence-corrected chi connectivity index (χ0v) is 16.7. The molecule has 0 aliphatic heterocycles. The summed E-state index contributed by atoms with van der Waals surface area (Å²) >= 11 is 0. The van der Waals surface area contributed by atoms with E-state index in [0.29, 0.717) is 17.8 Å². The van der Waals surface area contributed by atoms with Gasteiger partial charge in [-0.05, 0) is 46.2 Å². The van der Waals surface area contributed by atoms with Gasteiger partial charge in [-0.2, -0.15) is 0 Å². The molecule has 2 nitrogen and oxygen atoms in total. The molecule has 0 aromatic heterocycles. The Morgan fingerprint density at radius 1 is 0.920 bits per heavy atom. The highest BCUT2D eigenvalue weighted by molar-refractivity contribution is 5.43.